The van der Waals surface area contributed by atoms with Crippen LogP contribution in [0.5, 0.6) is 0 Å². The molecule has 4 nitrogen and oxygen atoms in total. The van der Waals surface area contributed by atoms with Crippen molar-refractivity contribution in [2.24, 2.45) is 7.05 Å². The van der Waals surface area contributed by atoms with Crippen LogP contribution in [0.15, 0.2) is 48.8 Å². The summed E-state index contributed by atoms with van der Waals surface area (Å²) in [4.78, 5) is 3.89. The number of nitrogens with zero attached hydrogens (tertiary/aromatic N) is 4. The Balaban J connectivity index is 1.91. The van der Waals surface area contributed by atoms with E-state index in [0.717, 1.165) is 27.8 Å². The van der Waals surface area contributed by atoms with Crippen molar-refractivity contribution in [2.45, 2.75) is 26.6 Å². The highest BCUT2D eigenvalue weighted by molar-refractivity contribution is 5.82. The summed E-state index contributed by atoms with van der Waals surface area (Å²) < 4.78 is 44.0. The maximum absolute atomic E-state index is 13.7. The van der Waals surface area contributed by atoms with Gasteiger partial charge in [-0.25, -0.2) is 4.98 Å². The highest BCUT2D eigenvalue weighted by Crippen LogP contribution is 2.34. The number of benzene rings is 2. The summed E-state index contributed by atoms with van der Waals surface area (Å²) in [5, 5.41) is 4.14. The minimum Gasteiger partial charge on any atom is -0.316 e. The largest absolute Gasteiger partial charge is 0.449 e. The molecule has 28 heavy (non-hydrogen) atoms. The predicted molar refractivity (Wildman–Crippen MR) is 102 cm³/mol. The minimum absolute atomic E-state index is 0.106. The van der Waals surface area contributed by atoms with Gasteiger partial charge in [-0.15, -0.1) is 0 Å². The molecule has 0 aliphatic rings. The lowest BCUT2D eigenvalue weighted by molar-refractivity contribution is -0.146. The molecule has 144 valence electrons. The van der Waals surface area contributed by atoms with E-state index in [-0.39, 0.29) is 6.54 Å². The normalized spacial score (nSPS) is 12.1. The van der Waals surface area contributed by atoms with E-state index in [1.54, 1.807) is 36.1 Å². The predicted octanol–water partition coefficient (Wildman–Crippen LogP) is 5.12. The second-order valence-corrected chi connectivity index (χ2v) is 7.06. The van der Waals surface area contributed by atoms with Crippen molar-refractivity contribution < 1.29 is 13.2 Å². The highest BCUT2D eigenvalue weighted by atomic mass is 19.4. The first-order valence-corrected chi connectivity index (χ1v) is 8.85. The average molecular weight is 384 g/mol. The molecule has 4 aromatic rings. The van der Waals surface area contributed by atoms with Crippen molar-refractivity contribution in [1.29, 1.82) is 0 Å². The van der Waals surface area contributed by atoms with Crippen LogP contribution in [0, 0.1) is 13.8 Å². The molecule has 0 saturated carbocycles. The molecule has 0 N–H and O–H groups in total. The van der Waals surface area contributed by atoms with E-state index in [0.29, 0.717) is 11.0 Å². The van der Waals surface area contributed by atoms with Crippen LogP contribution in [-0.4, -0.2) is 19.3 Å². The SMILES string of the molecule is Cc1ccc(C)c(Cn2c(C(F)(F)F)nc3ccc(-c4cnn(C)c4)cc32)c1. The third-order valence-corrected chi connectivity index (χ3v) is 4.87. The van der Waals surface area contributed by atoms with Gasteiger partial charge in [0.2, 0.25) is 5.82 Å². The third-order valence-electron chi connectivity index (χ3n) is 4.87. The Kier molecular flexibility index (Phi) is 4.25. The summed E-state index contributed by atoms with van der Waals surface area (Å²) in [6.07, 6.45) is -1.01. The topological polar surface area (TPSA) is 35.6 Å². The molecule has 0 aliphatic carbocycles. The van der Waals surface area contributed by atoms with Gasteiger partial charge in [0, 0.05) is 25.4 Å². The van der Waals surface area contributed by atoms with Crippen LogP contribution in [0.2, 0.25) is 0 Å². The Morgan fingerprint density at radius 3 is 2.46 bits per heavy atom. The monoisotopic (exact) mass is 384 g/mol. The van der Waals surface area contributed by atoms with E-state index in [1.807, 2.05) is 38.2 Å². The smallest absolute Gasteiger partial charge is 0.316 e. The average Bonchev–Trinajstić information content (AvgIpc) is 3.21. The van der Waals surface area contributed by atoms with Crippen LogP contribution in [0.1, 0.15) is 22.5 Å². The van der Waals surface area contributed by atoms with Gasteiger partial charge in [-0.05, 0) is 42.7 Å². The zero-order chi connectivity index (χ0) is 20.1. The van der Waals surface area contributed by atoms with Crippen molar-refractivity contribution in [2.75, 3.05) is 0 Å². The summed E-state index contributed by atoms with van der Waals surface area (Å²) in [5.41, 5.74) is 5.23. The molecule has 0 saturated heterocycles. The summed E-state index contributed by atoms with van der Waals surface area (Å²) in [6.45, 7) is 3.94. The standard InChI is InChI=1S/C21H19F3N4/c1-13-4-5-14(2)16(8-13)12-28-19-9-15(17-10-25-27(3)11-17)6-7-18(19)26-20(28)21(22,23)24/h4-11H,12H2,1-3H3. The van der Waals surface area contributed by atoms with Gasteiger partial charge in [-0.2, -0.15) is 18.3 Å². The second kappa shape index (κ2) is 6.51. The fourth-order valence-electron chi connectivity index (χ4n) is 3.39. The second-order valence-electron chi connectivity index (χ2n) is 7.06. The van der Waals surface area contributed by atoms with Crippen molar-refractivity contribution in [3.8, 4) is 11.1 Å². The van der Waals surface area contributed by atoms with Crippen LogP contribution in [0.4, 0.5) is 13.2 Å². The summed E-state index contributed by atoms with van der Waals surface area (Å²) in [6, 6.07) is 11.0. The van der Waals surface area contributed by atoms with E-state index >= 15 is 0 Å². The Hall–Kier alpha value is -3.09. The molecule has 0 spiro atoms. The molecule has 0 bridgehead atoms. The molecule has 0 fully saturated rings. The highest BCUT2D eigenvalue weighted by Gasteiger charge is 2.37. The van der Waals surface area contributed by atoms with E-state index in [1.165, 1.54) is 4.57 Å². The number of fused-ring (bicyclic) bond motifs is 1. The molecule has 0 radical (unpaired) electrons. The first-order chi connectivity index (χ1) is 13.2. The van der Waals surface area contributed by atoms with Crippen molar-refractivity contribution in [3.05, 3.63) is 71.3 Å². The zero-order valence-corrected chi connectivity index (χ0v) is 15.7. The lowest BCUT2D eigenvalue weighted by Crippen LogP contribution is -2.16. The van der Waals surface area contributed by atoms with E-state index < -0.39 is 12.0 Å². The molecule has 0 amide bonds. The van der Waals surface area contributed by atoms with E-state index in [4.69, 9.17) is 0 Å². The molecule has 0 aliphatic heterocycles. The molecule has 4 rings (SSSR count). The van der Waals surface area contributed by atoms with Crippen LogP contribution < -0.4 is 0 Å². The van der Waals surface area contributed by atoms with Crippen LogP contribution in [-0.2, 0) is 19.8 Å². The molecule has 0 unspecified atom stereocenters. The number of aryl methyl sites for hydroxylation is 3. The maximum Gasteiger partial charge on any atom is 0.449 e. The Bertz CT molecular complexity index is 1170. The first-order valence-electron chi connectivity index (χ1n) is 8.85. The third kappa shape index (κ3) is 3.28. The lowest BCUT2D eigenvalue weighted by Gasteiger charge is -2.14. The van der Waals surface area contributed by atoms with Gasteiger partial charge in [0.25, 0.3) is 0 Å². The molecule has 2 aromatic heterocycles. The minimum atomic E-state index is -4.54. The summed E-state index contributed by atoms with van der Waals surface area (Å²) in [5.74, 6) is -0.883. The molecular formula is C21H19F3N4. The van der Waals surface area contributed by atoms with E-state index in [2.05, 4.69) is 10.1 Å². The molecule has 7 heteroatoms. The van der Waals surface area contributed by atoms with Crippen molar-refractivity contribution >= 4 is 11.0 Å². The fourth-order valence-corrected chi connectivity index (χ4v) is 3.39. The van der Waals surface area contributed by atoms with Crippen LogP contribution >= 0.6 is 0 Å². The number of rotatable bonds is 3. The van der Waals surface area contributed by atoms with Crippen LogP contribution in [0.25, 0.3) is 22.2 Å². The molecule has 0 atom stereocenters. The fraction of sp³-hybridized carbons (Fsp3) is 0.238. The summed E-state index contributed by atoms with van der Waals surface area (Å²) >= 11 is 0. The summed E-state index contributed by atoms with van der Waals surface area (Å²) in [7, 11) is 1.80. The molecule has 2 heterocycles. The molecule has 2 aromatic carbocycles. The number of hydrogen-bond acceptors (Lipinski definition) is 2. The van der Waals surface area contributed by atoms with Gasteiger partial charge in [0.15, 0.2) is 0 Å². The number of imidazole rings is 1. The Morgan fingerprint density at radius 1 is 1.00 bits per heavy atom. The first kappa shape index (κ1) is 18.3. The number of aromatic nitrogens is 4. The van der Waals surface area contributed by atoms with Gasteiger partial charge in [-0.3, -0.25) is 4.68 Å². The Morgan fingerprint density at radius 2 is 1.79 bits per heavy atom. The van der Waals surface area contributed by atoms with Gasteiger partial charge < -0.3 is 4.57 Å². The van der Waals surface area contributed by atoms with Crippen molar-refractivity contribution in [3.63, 3.8) is 0 Å². The van der Waals surface area contributed by atoms with Gasteiger partial charge in [0.05, 0.1) is 17.2 Å². The van der Waals surface area contributed by atoms with Crippen molar-refractivity contribution in [1.82, 2.24) is 19.3 Å². The van der Waals surface area contributed by atoms with E-state index in [9.17, 15) is 13.2 Å². The van der Waals surface area contributed by atoms with Gasteiger partial charge >= 0.3 is 6.18 Å². The zero-order valence-electron chi connectivity index (χ0n) is 15.7. The Labute approximate surface area is 160 Å². The van der Waals surface area contributed by atoms with Gasteiger partial charge in [0.1, 0.15) is 0 Å². The van der Waals surface area contributed by atoms with Gasteiger partial charge in [-0.1, -0.05) is 29.8 Å². The number of hydrogen-bond donors (Lipinski definition) is 0. The maximum atomic E-state index is 13.7. The quantitative estimate of drug-likeness (QED) is 0.491. The number of halogens is 3. The number of alkyl halides is 3. The molecular weight excluding hydrogens is 365 g/mol. The van der Waals surface area contributed by atoms with Crippen LogP contribution in [0.3, 0.4) is 0 Å². The lowest BCUT2D eigenvalue weighted by atomic mass is 10.1.